The molecule has 29 heavy (non-hydrogen) atoms. The summed E-state index contributed by atoms with van der Waals surface area (Å²) in [7, 11) is 0. The van der Waals surface area contributed by atoms with Crippen LogP contribution in [0.5, 0.6) is 0 Å². The SMILES string of the molecule is O=[N+]([O-])c1ccc(N2CCOCC2)c([C@@H]2OCCCN2Cc2ccc(Cl)cc2)c1. The zero-order chi connectivity index (χ0) is 20.2. The van der Waals surface area contributed by atoms with Crippen molar-refractivity contribution >= 4 is 23.0 Å². The summed E-state index contributed by atoms with van der Waals surface area (Å²) in [6, 6.07) is 12.8. The van der Waals surface area contributed by atoms with Crippen molar-refractivity contribution in [1.29, 1.82) is 0 Å². The van der Waals surface area contributed by atoms with Crippen LogP contribution in [-0.2, 0) is 16.0 Å². The second-order valence-electron chi connectivity index (χ2n) is 7.27. The van der Waals surface area contributed by atoms with Crippen LogP contribution in [0, 0.1) is 10.1 Å². The maximum absolute atomic E-state index is 11.4. The number of hydrogen-bond donors (Lipinski definition) is 0. The number of morpholine rings is 1. The van der Waals surface area contributed by atoms with Crippen molar-refractivity contribution in [3.05, 3.63) is 68.7 Å². The normalized spacial score (nSPS) is 20.6. The summed E-state index contributed by atoms with van der Waals surface area (Å²) in [5.41, 5.74) is 3.03. The molecule has 0 N–H and O–H groups in total. The van der Waals surface area contributed by atoms with Gasteiger partial charge in [-0.2, -0.15) is 0 Å². The number of benzene rings is 2. The van der Waals surface area contributed by atoms with Crippen LogP contribution < -0.4 is 4.90 Å². The molecule has 2 saturated heterocycles. The fraction of sp³-hybridized carbons (Fsp3) is 0.429. The van der Waals surface area contributed by atoms with E-state index in [9.17, 15) is 10.1 Å². The lowest BCUT2D eigenvalue weighted by molar-refractivity contribution is -0.385. The van der Waals surface area contributed by atoms with Crippen LogP contribution in [0.1, 0.15) is 23.8 Å². The number of hydrogen-bond acceptors (Lipinski definition) is 6. The number of nitrogens with zero attached hydrogens (tertiary/aromatic N) is 3. The zero-order valence-corrected chi connectivity index (χ0v) is 16.9. The quantitative estimate of drug-likeness (QED) is 0.541. The largest absolute Gasteiger partial charge is 0.378 e. The summed E-state index contributed by atoms with van der Waals surface area (Å²) in [4.78, 5) is 15.5. The first kappa shape index (κ1) is 20.1. The van der Waals surface area contributed by atoms with Gasteiger partial charge < -0.3 is 14.4 Å². The lowest BCUT2D eigenvalue weighted by atomic mass is 10.1. The smallest absolute Gasteiger partial charge is 0.270 e. The highest BCUT2D eigenvalue weighted by Gasteiger charge is 2.30. The minimum atomic E-state index is -0.348. The molecule has 4 rings (SSSR count). The molecule has 7 nitrogen and oxygen atoms in total. The molecule has 2 fully saturated rings. The fourth-order valence-corrected chi connectivity index (χ4v) is 4.03. The highest BCUT2D eigenvalue weighted by atomic mass is 35.5. The third kappa shape index (κ3) is 4.70. The molecule has 154 valence electrons. The predicted molar refractivity (Wildman–Crippen MR) is 111 cm³/mol. The summed E-state index contributed by atoms with van der Waals surface area (Å²) >= 11 is 6.01. The van der Waals surface area contributed by atoms with Gasteiger partial charge in [-0.3, -0.25) is 15.0 Å². The van der Waals surface area contributed by atoms with E-state index in [4.69, 9.17) is 21.1 Å². The second kappa shape index (κ2) is 9.09. The van der Waals surface area contributed by atoms with Crippen molar-refractivity contribution in [3.8, 4) is 0 Å². The Balaban J connectivity index is 1.67. The van der Waals surface area contributed by atoms with E-state index in [1.165, 1.54) is 0 Å². The molecule has 0 aliphatic carbocycles. The van der Waals surface area contributed by atoms with Gasteiger partial charge in [0.15, 0.2) is 0 Å². The Hall–Kier alpha value is -2.19. The van der Waals surface area contributed by atoms with E-state index < -0.39 is 0 Å². The summed E-state index contributed by atoms with van der Waals surface area (Å²) in [6.45, 7) is 4.99. The minimum Gasteiger partial charge on any atom is -0.378 e. The minimum absolute atomic E-state index is 0.0811. The molecule has 1 atom stereocenters. The molecule has 2 aliphatic rings. The van der Waals surface area contributed by atoms with Crippen LogP contribution in [-0.4, -0.2) is 49.3 Å². The van der Waals surface area contributed by atoms with Crippen molar-refractivity contribution < 1.29 is 14.4 Å². The highest BCUT2D eigenvalue weighted by Crippen LogP contribution is 2.37. The van der Waals surface area contributed by atoms with Crippen LogP contribution in [0.4, 0.5) is 11.4 Å². The molecule has 2 aliphatic heterocycles. The Morgan fingerprint density at radius 2 is 1.83 bits per heavy atom. The van der Waals surface area contributed by atoms with Crippen molar-refractivity contribution in [1.82, 2.24) is 4.90 Å². The van der Waals surface area contributed by atoms with Gasteiger partial charge in [0.05, 0.1) is 24.7 Å². The summed E-state index contributed by atoms with van der Waals surface area (Å²) in [5, 5.41) is 12.1. The Bertz CT molecular complexity index is 856. The van der Waals surface area contributed by atoms with Gasteiger partial charge in [0.2, 0.25) is 0 Å². The second-order valence-corrected chi connectivity index (χ2v) is 7.71. The third-order valence-corrected chi connectivity index (χ3v) is 5.59. The van der Waals surface area contributed by atoms with Gasteiger partial charge in [-0.25, -0.2) is 0 Å². The van der Waals surface area contributed by atoms with Gasteiger partial charge in [-0.15, -0.1) is 0 Å². The Morgan fingerprint density at radius 1 is 1.07 bits per heavy atom. The Labute approximate surface area is 174 Å². The van der Waals surface area contributed by atoms with Crippen molar-refractivity contribution in [3.63, 3.8) is 0 Å². The predicted octanol–water partition coefficient (Wildman–Crippen LogP) is 4.01. The topological polar surface area (TPSA) is 68.1 Å². The molecular weight excluding hydrogens is 394 g/mol. The van der Waals surface area contributed by atoms with Crippen LogP contribution >= 0.6 is 11.6 Å². The highest BCUT2D eigenvalue weighted by molar-refractivity contribution is 6.30. The van der Waals surface area contributed by atoms with E-state index in [2.05, 4.69) is 9.80 Å². The summed E-state index contributed by atoms with van der Waals surface area (Å²) in [6.07, 6.45) is 0.587. The van der Waals surface area contributed by atoms with Crippen LogP contribution in [0.3, 0.4) is 0 Å². The molecule has 0 radical (unpaired) electrons. The zero-order valence-electron chi connectivity index (χ0n) is 16.1. The van der Waals surface area contributed by atoms with E-state index in [0.717, 1.165) is 42.9 Å². The number of anilines is 1. The molecular formula is C21H24ClN3O4. The van der Waals surface area contributed by atoms with Gasteiger partial charge in [0.25, 0.3) is 5.69 Å². The van der Waals surface area contributed by atoms with Gasteiger partial charge >= 0.3 is 0 Å². The molecule has 0 saturated carbocycles. The number of halogens is 1. The fourth-order valence-electron chi connectivity index (χ4n) is 3.90. The number of ether oxygens (including phenoxy) is 2. The van der Waals surface area contributed by atoms with Crippen molar-refractivity contribution in [2.45, 2.75) is 19.2 Å². The average molecular weight is 418 g/mol. The Kier molecular flexibility index (Phi) is 6.30. The average Bonchev–Trinajstić information content (AvgIpc) is 2.76. The first-order valence-corrected chi connectivity index (χ1v) is 10.2. The number of nitro benzene ring substituents is 1. The molecule has 2 aromatic rings. The van der Waals surface area contributed by atoms with Crippen LogP contribution in [0.2, 0.25) is 5.02 Å². The van der Waals surface area contributed by atoms with E-state index in [-0.39, 0.29) is 16.8 Å². The Morgan fingerprint density at radius 3 is 2.55 bits per heavy atom. The van der Waals surface area contributed by atoms with E-state index in [1.54, 1.807) is 12.1 Å². The number of non-ortho nitro benzene ring substituents is 1. The summed E-state index contributed by atoms with van der Waals surface area (Å²) in [5.74, 6) is 0. The van der Waals surface area contributed by atoms with Crippen LogP contribution in [0.25, 0.3) is 0 Å². The standard InChI is InChI=1S/C21H24ClN3O4/c22-17-4-2-16(3-5-17)15-24-8-1-11-29-21(24)19-14-18(25(26)27)6-7-20(19)23-9-12-28-13-10-23/h2-7,14,21H,1,8-13,15H2/t21-/m0/s1. The lowest BCUT2D eigenvalue weighted by Crippen LogP contribution is -2.40. The van der Waals surface area contributed by atoms with Gasteiger partial charge in [0.1, 0.15) is 6.23 Å². The van der Waals surface area contributed by atoms with E-state index in [0.29, 0.717) is 31.4 Å². The molecule has 0 bridgehead atoms. The maximum Gasteiger partial charge on any atom is 0.270 e. The molecule has 0 aromatic heterocycles. The van der Waals surface area contributed by atoms with Gasteiger partial charge in [0, 0.05) is 54.6 Å². The van der Waals surface area contributed by atoms with Crippen molar-refractivity contribution in [2.75, 3.05) is 44.4 Å². The lowest BCUT2D eigenvalue weighted by Gasteiger charge is -2.39. The van der Waals surface area contributed by atoms with E-state index in [1.807, 2.05) is 30.3 Å². The van der Waals surface area contributed by atoms with Crippen molar-refractivity contribution in [2.24, 2.45) is 0 Å². The molecule has 2 heterocycles. The molecule has 0 amide bonds. The van der Waals surface area contributed by atoms with Gasteiger partial charge in [-0.1, -0.05) is 23.7 Å². The molecule has 8 heteroatoms. The molecule has 2 aromatic carbocycles. The first-order chi connectivity index (χ1) is 14.1. The third-order valence-electron chi connectivity index (χ3n) is 5.34. The van der Waals surface area contributed by atoms with Crippen LogP contribution in [0.15, 0.2) is 42.5 Å². The summed E-state index contributed by atoms with van der Waals surface area (Å²) < 4.78 is 11.6. The molecule has 0 spiro atoms. The molecule has 0 unspecified atom stereocenters. The van der Waals surface area contributed by atoms with E-state index >= 15 is 0 Å². The monoisotopic (exact) mass is 417 g/mol. The first-order valence-electron chi connectivity index (χ1n) is 9.83. The number of rotatable bonds is 5. The number of nitro groups is 1. The maximum atomic E-state index is 11.4. The van der Waals surface area contributed by atoms with Gasteiger partial charge in [-0.05, 0) is 30.2 Å².